The maximum atomic E-state index is 11.9. The standard InChI is InChI=1S/C16H19N3O2/c1-11(2)18-16(20)15-10-13(7-8-17-15)19-12-5-4-6-14(9-12)21-3/h4-11H,1-3H3,(H,17,19)(H,18,20). The predicted molar refractivity (Wildman–Crippen MR) is 83.1 cm³/mol. The Bertz CT molecular complexity index is 626. The van der Waals surface area contributed by atoms with Gasteiger partial charge < -0.3 is 15.4 Å². The Kier molecular flexibility index (Phi) is 4.77. The normalized spacial score (nSPS) is 10.3. The number of amides is 1. The summed E-state index contributed by atoms with van der Waals surface area (Å²) in [7, 11) is 1.62. The maximum Gasteiger partial charge on any atom is 0.270 e. The summed E-state index contributed by atoms with van der Waals surface area (Å²) >= 11 is 0. The number of hydrogen-bond acceptors (Lipinski definition) is 4. The summed E-state index contributed by atoms with van der Waals surface area (Å²) in [5, 5.41) is 6.05. The quantitative estimate of drug-likeness (QED) is 0.886. The van der Waals surface area contributed by atoms with Gasteiger partial charge >= 0.3 is 0 Å². The summed E-state index contributed by atoms with van der Waals surface area (Å²) in [6, 6.07) is 11.2. The molecule has 0 radical (unpaired) electrons. The van der Waals surface area contributed by atoms with Crippen molar-refractivity contribution in [1.82, 2.24) is 10.3 Å². The SMILES string of the molecule is COc1cccc(Nc2ccnc(C(=O)NC(C)C)c2)c1. The monoisotopic (exact) mass is 285 g/mol. The number of anilines is 2. The molecule has 0 saturated carbocycles. The fourth-order valence-corrected chi connectivity index (χ4v) is 1.84. The van der Waals surface area contributed by atoms with Crippen LogP contribution in [0.1, 0.15) is 24.3 Å². The molecule has 2 aromatic rings. The molecule has 0 bridgehead atoms. The van der Waals surface area contributed by atoms with E-state index in [2.05, 4.69) is 15.6 Å². The molecule has 2 N–H and O–H groups in total. The first kappa shape index (κ1) is 14.8. The van der Waals surface area contributed by atoms with E-state index in [0.717, 1.165) is 17.1 Å². The summed E-state index contributed by atoms with van der Waals surface area (Å²) in [6.45, 7) is 3.83. The lowest BCUT2D eigenvalue weighted by atomic mass is 10.2. The third-order valence-electron chi connectivity index (χ3n) is 2.77. The van der Waals surface area contributed by atoms with Crippen LogP contribution < -0.4 is 15.4 Å². The van der Waals surface area contributed by atoms with Crippen LogP contribution in [-0.4, -0.2) is 24.0 Å². The van der Waals surface area contributed by atoms with Crippen LogP contribution in [-0.2, 0) is 0 Å². The molecule has 1 amide bonds. The number of aromatic nitrogens is 1. The first-order valence-corrected chi connectivity index (χ1v) is 6.76. The van der Waals surface area contributed by atoms with Gasteiger partial charge in [0.15, 0.2) is 0 Å². The van der Waals surface area contributed by atoms with E-state index < -0.39 is 0 Å². The highest BCUT2D eigenvalue weighted by molar-refractivity contribution is 5.93. The van der Waals surface area contributed by atoms with Crippen LogP contribution in [0.25, 0.3) is 0 Å². The minimum atomic E-state index is -0.181. The van der Waals surface area contributed by atoms with Crippen molar-refractivity contribution in [1.29, 1.82) is 0 Å². The molecule has 0 saturated heterocycles. The van der Waals surface area contributed by atoms with Crippen molar-refractivity contribution in [2.24, 2.45) is 0 Å². The summed E-state index contributed by atoms with van der Waals surface area (Å²) in [5.41, 5.74) is 2.07. The molecule has 1 aromatic heterocycles. The second-order valence-corrected chi connectivity index (χ2v) is 4.91. The number of benzene rings is 1. The molecule has 21 heavy (non-hydrogen) atoms. The van der Waals surface area contributed by atoms with Crippen LogP contribution >= 0.6 is 0 Å². The summed E-state index contributed by atoms with van der Waals surface area (Å²) < 4.78 is 5.18. The Morgan fingerprint density at radius 1 is 1.19 bits per heavy atom. The number of nitrogens with zero attached hydrogens (tertiary/aromatic N) is 1. The van der Waals surface area contributed by atoms with E-state index in [1.807, 2.05) is 44.2 Å². The van der Waals surface area contributed by atoms with Gasteiger partial charge in [0.1, 0.15) is 11.4 Å². The lowest BCUT2D eigenvalue weighted by molar-refractivity contribution is 0.0938. The van der Waals surface area contributed by atoms with Gasteiger partial charge in [0.2, 0.25) is 0 Å². The second-order valence-electron chi connectivity index (χ2n) is 4.91. The predicted octanol–water partition coefficient (Wildman–Crippen LogP) is 2.97. The molecular formula is C16H19N3O2. The molecule has 0 atom stereocenters. The molecule has 2 rings (SSSR count). The van der Waals surface area contributed by atoms with Crippen molar-refractivity contribution in [3.8, 4) is 5.75 Å². The van der Waals surface area contributed by atoms with Crippen molar-refractivity contribution in [2.45, 2.75) is 19.9 Å². The van der Waals surface area contributed by atoms with E-state index in [9.17, 15) is 4.79 Å². The van der Waals surface area contributed by atoms with Gasteiger partial charge in [-0.05, 0) is 38.1 Å². The largest absolute Gasteiger partial charge is 0.497 e. The number of methoxy groups -OCH3 is 1. The highest BCUT2D eigenvalue weighted by Crippen LogP contribution is 2.21. The molecule has 0 aliphatic heterocycles. The fraction of sp³-hybridized carbons (Fsp3) is 0.250. The number of hydrogen-bond donors (Lipinski definition) is 2. The lowest BCUT2D eigenvalue weighted by Gasteiger charge is -2.10. The van der Waals surface area contributed by atoms with Crippen molar-refractivity contribution in [2.75, 3.05) is 12.4 Å². The zero-order valence-corrected chi connectivity index (χ0v) is 12.4. The average Bonchev–Trinajstić information content (AvgIpc) is 2.47. The smallest absolute Gasteiger partial charge is 0.270 e. The van der Waals surface area contributed by atoms with Crippen LogP contribution in [0.5, 0.6) is 5.75 Å². The molecule has 5 nitrogen and oxygen atoms in total. The zero-order chi connectivity index (χ0) is 15.2. The van der Waals surface area contributed by atoms with Crippen molar-refractivity contribution in [3.63, 3.8) is 0 Å². The van der Waals surface area contributed by atoms with E-state index in [1.165, 1.54) is 0 Å². The fourth-order valence-electron chi connectivity index (χ4n) is 1.84. The number of carbonyl (C=O) groups excluding carboxylic acids is 1. The van der Waals surface area contributed by atoms with Crippen LogP contribution in [0, 0.1) is 0 Å². The van der Waals surface area contributed by atoms with Crippen LogP contribution in [0.15, 0.2) is 42.6 Å². The number of nitrogens with one attached hydrogen (secondary N) is 2. The molecule has 0 spiro atoms. The molecule has 5 heteroatoms. The first-order valence-electron chi connectivity index (χ1n) is 6.76. The zero-order valence-electron chi connectivity index (χ0n) is 12.4. The average molecular weight is 285 g/mol. The number of carbonyl (C=O) groups is 1. The Morgan fingerprint density at radius 2 is 1.95 bits per heavy atom. The Balaban J connectivity index is 2.15. The molecule has 0 aliphatic carbocycles. The minimum Gasteiger partial charge on any atom is -0.497 e. The van der Waals surface area contributed by atoms with Gasteiger partial charge in [0.05, 0.1) is 7.11 Å². The molecule has 0 aliphatic rings. The van der Waals surface area contributed by atoms with Crippen molar-refractivity contribution >= 4 is 17.3 Å². The third-order valence-corrected chi connectivity index (χ3v) is 2.77. The molecule has 1 aromatic carbocycles. The lowest BCUT2D eigenvalue weighted by Crippen LogP contribution is -2.30. The van der Waals surface area contributed by atoms with Crippen molar-refractivity contribution < 1.29 is 9.53 Å². The summed E-state index contributed by atoms with van der Waals surface area (Å²) in [5.74, 6) is 0.589. The van der Waals surface area contributed by atoms with Gasteiger partial charge in [-0.25, -0.2) is 0 Å². The van der Waals surface area contributed by atoms with Crippen LogP contribution in [0.2, 0.25) is 0 Å². The molecule has 0 fully saturated rings. The van der Waals surface area contributed by atoms with Gasteiger partial charge in [-0.1, -0.05) is 6.07 Å². The summed E-state index contributed by atoms with van der Waals surface area (Å²) in [6.07, 6.45) is 1.61. The van der Waals surface area contributed by atoms with E-state index in [4.69, 9.17) is 4.74 Å². The highest BCUT2D eigenvalue weighted by atomic mass is 16.5. The first-order chi connectivity index (χ1) is 10.1. The van der Waals surface area contributed by atoms with Gasteiger partial charge in [-0.3, -0.25) is 9.78 Å². The Morgan fingerprint density at radius 3 is 2.67 bits per heavy atom. The van der Waals surface area contributed by atoms with Gasteiger partial charge in [0, 0.05) is 29.7 Å². The van der Waals surface area contributed by atoms with Crippen LogP contribution in [0.3, 0.4) is 0 Å². The highest BCUT2D eigenvalue weighted by Gasteiger charge is 2.09. The second kappa shape index (κ2) is 6.74. The van der Waals surface area contributed by atoms with E-state index in [0.29, 0.717) is 5.69 Å². The Hall–Kier alpha value is -2.56. The maximum absolute atomic E-state index is 11.9. The van der Waals surface area contributed by atoms with E-state index in [1.54, 1.807) is 19.4 Å². The van der Waals surface area contributed by atoms with Gasteiger partial charge in [0.25, 0.3) is 5.91 Å². The molecular weight excluding hydrogens is 266 g/mol. The Labute approximate surface area is 124 Å². The van der Waals surface area contributed by atoms with Gasteiger partial charge in [-0.2, -0.15) is 0 Å². The van der Waals surface area contributed by atoms with Crippen LogP contribution in [0.4, 0.5) is 11.4 Å². The topological polar surface area (TPSA) is 63.2 Å². The van der Waals surface area contributed by atoms with E-state index >= 15 is 0 Å². The van der Waals surface area contributed by atoms with Gasteiger partial charge in [-0.15, -0.1) is 0 Å². The summed E-state index contributed by atoms with van der Waals surface area (Å²) in [4.78, 5) is 16.0. The number of pyridine rings is 1. The number of ether oxygens (including phenoxy) is 1. The van der Waals surface area contributed by atoms with E-state index in [-0.39, 0.29) is 11.9 Å². The minimum absolute atomic E-state index is 0.0781. The molecule has 1 heterocycles. The van der Waals surface area contributed by atoms with Crippen molar-refractivity contribution in [3.05, 3.63) is 48.3 Å². The molecule has 110 valence electrons. The number of rotatable bonds is 5. The third kappa shape index (κ3) is 4.21. The molecule has 0 unspecified atom stereocenters.